The number of nitrogens with one attached hydrogen (secondary N) is 1. The van der Waals surface area contributed by atoms with Crippen LogP contribution < -0.4 is 10.5 Å². The third-order valence-corrected chi connectivity index (χ3v) is 4.42. The number of rotatable bonds is 3. The van der Waals surface area contributed by atoms with Crippen molar-refractivity contribution in [2.24, 2.45) is 0 Å². The van der Waals surface area contributed by atoms with E-state index in [-0.39, 0.29) is 22.0 Å². The van der Waals surface area contributed by atoms with Crippen LogP contribution >= 0.6 is 11.6 Å². The van der Waals surface area contributed by atoms with E-state index < -0.39 is 26.6 Å². The van der Waals surface area contributed by atoms with Crippen molar-refractivity contribution in [2.75, 3.05) is 10.5 Å². The van der Waals surface area contributed by atoms with Gasteiger partial charge >= 0.3 is 0 Å². The molecule has 2 rings (SSSR count). The molecule has 0 heterocycles. The lowest BCUT2D eigenvalue weighted by atomic mass is 10.2. The van der Waals surface area contributed by atoms with Crippen LogP contribution in [0.25, 0.3) is 0 Å². The number of hydrogen-bond donors (Lipinski definition) is 2. The highest BCUT2D eigenvalue weighted by Crippen LogP contribution is 2.25. The zero-order valence-corrected chi connectivity index (χ0v) is 12.4. The Labute approximate surface area is 125 Å². The predicted molar refractivity (Wildman–Crippen MR) is 77.8 cm³/mol. The molecule has 0 amide bonds. The summed E-state index contributed by atoms with van der Waals surface area (Å²) in [4.78, 5) is -0.400. The van der Waals surface area contributed by atoms with Gasteiger partial charge in [-0.2, -0.15) is 0 Å². The average molecular weight is 333 g/mol. The zero-order chi connectivity index (χ0) is 15.8. The molecule has 0 fully saturated rings. The Morgan fingerprint density at radius 2 is 1.81 bits per heavy atom. The Morgan fingerprint density at radius 1 is 1.14 bits per heavy atom. The summed E-state index contributed by atoms with van der Waals surface area (Å²) in [5.41, 5.74) is 5.34. The van der Waals surface area contributed by atoms with E-state index in [1.54, 1.807) is 0 Å². The highest BCUT2D eigenvalue weighted by Gasteiger charge is 2.19. The van der Waals surface area contributed by atoms with Gasteiger partial charge in [-0.05, 0) is 37.3 Å². The maximum atomic E-state index is 13.6. The molecule has 2 aromatic rings. The van der Waals surface area contributed by atoms with E-state index in [9.17, 15) is 17.2 Å². The fraction of sp³-hybridized carbons (Fsp3) is 0.0769. The summed E-state index contributed by atoms with van der Waals surface area (Å²) in [6, 6.07) is 5.32. The van der Waals surface area contributed by atoms with Crippen LogP contribution in [0.5, 0.6) is 0 Å². The van der Waals surface area contributed by atoms with Crippen molar-refractivity contribution in [1.29, 1.82) is 0 Å². The first-order valence-corrected chi connectivity index (χ1v) is 7.60. The number of nitrogen functional groups attached to an aromatic ring is 1. The van der Waals surface area contributed by atoms with E-state index in [2.05, 4.69) is 0 Å². The van der Waals surface area contributed by atoms with Gasteiger partial charge in [-0.3, -0.25) is 4.72 Å². The molecule has 0 saturated heterocycles. The second-order valence-electron chi connectivity index (χ2n) is 4.35. The lowest BCUT2D eigenvalue weighted by Crippen LogP contribution is -2.15. The van der Waals surface area contributed by atoms with Crippen LogP contribution in [0.4, 0.5) is 20.2 Å². The van der Waals surface area contributed by atoms with Crippen molar-refractivity contribution in [3.63, 3.8) is 0 Å². The molecule has 4 nitrogen and oxygen atoms in total. The second kappa shape index (κ2) is 5.50. The SMILES string of the molecule is Cc1c(N)cc(S(=O)(=O)Nc2cc(Cl)ccc2F)cc1F. The van der Waals surface area contributed by atoms with Gasteiger partial charge in [0.1, 0.15) is 11.6 Å². The summed E-state index contributed by atoms with van der Waals surface area (Å²) in [6.07, 6.45) is 0. The van der Waals surface area contributed by atoms with Crippen LogP contribution in [0, 0.1) is 18.6 Å². The molecule has 112 valence electrons. The molecule has 0 aliphatic carbocycles. The molecule has 3 N–H and O–H groups in total. The van der Waals surface area contributed by atoms with Crippen molar-refractivity contribution in [3.8, 4) is 0 Å². The standard InChI is InChI=1S/C13H11ClF2N2O2S/c1-7-11(16)5-9(6-12(7)17)21(19,20)18-13-4-8(14)2-3-10(13)15/h2-6,18H,17H2,1H3. The van der Waals surface area contributed by atoms with Gasteiger partial charge in [0.25, 0.3) is 10.0 Å². The molecule has 0 saturated carbocycles. The maximum absolute atomic E-state index is 13.6. The molecular formula is C13H11ClF2N2O2S. The van der Waals surface area contributed by atoms with Crippen LogP contribution in [0.1, 0.15) is 5.56 Å². The van der Waals surface area contributed by atoms with E-state index in [1.807, 2.05) is 4.72 Å². The van der Waals surface area contributed by atoms with E-state index in [0.29, 0.717) is 0 Å². The molecule has 8 heteroatoms. The molecule has 0 bridgehead atoms. The van der Waals surface area contributed by atoms with Crippen molar-refractivity contribution in [2.45, 2.75) is 11.8 Å². The van der Waals surface area contributed by atoms with Crippen LogP contribution in [0.2, 0.25) is 5.02 Å². The molecule has 0 unspecified atom stereocenters. The van der Waals surface area contributed by atoms with Gasteiger partial charge in [-0.15, -0.1) is 0 Å². The van der Waals surface area contributed by atoms with Gasteiger partial charge in [0, 0.05) is 16.3 Å². The van der Waals surface area contributed by atoms with Crippen molar-refractivity contribution < 1.29 is 17.2 Å². The lowest BCUT2D eigenvalue weighted by Gasteiger charge is -2.11. The Bertz CT molecular complexity index is 787. The smallest absolute Gasteiger partial charge is 0.262 e. The van der Waals surface area contributed by atoms with E-state index >= 15 is 0 Å². The number of sulfonamides is 1. The Kier molecular flexibility index (Phi) is 4.06. The summed E-state index contributed by atoms with van der Waals surface area (Å²) in [7, 11) is -4.18. The van der Waals surface area contributed by atoms with Gasteiger partial charge in [-0.25, -0.2) is 17.2 Å². The van der Waals surface area contributed by atoms with Crippen molar-refractivity contribution in [3.05, 3.63) is 52.6 Å². The third kappa shape index (κ3) is 3.25. The van der Waals surface area contributed by atoms with Crippen LogP contribution in [0.15, 0.2) is 35.2 Å². The van der Waals surface area contributed by atoms with Crippen molar-refractivity contribution in [1.82, 2.24) is 0 Å². The molecule has 0 spiro atoms. The molecular weight excluding hydrogens is 322 g/mol. The fourth-order valence-corrected chi connectivity index (χ4v) is 2.89. The Hall–Kier alpha value is -1.86. The van der Waals surface area contributed by atoms with Crippen LogP contribution in [-0.4, -0.2) is 8.42 Å². The average Bonchev–Trinajstić information content (AvgIpc) is 2.39. The predicted octanol–water partition coefficient (Wildman–Crippen LogP) is 3.31. The quantitative estimate of drug-likeness (QED) is 0.847. The van der Waals surface area contributed by atoms with E-state index in [1.165, 1.54) is 13.0 Å². The molecule has 0 radical (unpaired) electrons. The number of benzene rings is 2. The summed E-state index contributed by atoms with van der Waals surface area (Å²) in [5.74, 6) is -1.56. The van der Waals surface area contributed by atoms with Crippen LogP contribution in [-0.2, 0) is 10.0 Å². The topological polar surface area (TPSA) is 72.2 Å². The highest BCUT2D eigenvalue weighted by molar-refractivity contribution is 7.92. The number of hydrogen-bond acceptors (Lipinski definition) is 3. The fourth-order valence-electron chi connectivity index (χ4n) is 1.61. The summed E-state index contributed by atoms with van der Waals surface area (Å²) >= 11 is 5.68. The van der Waals surface area contributed by atoms with Gasteiger partial charge in [0.2, 0.25) is 0 Å². The maximum Gasteiger partial charge on any atom is 0.262 e. The first-order chi connectivity index (χ1) is 9.70. The summed E-state index contributed by atoms with van der Waals surface area (Å²) in [5, 5.41) is 0.156. The Balaban J connectivity index is 2.46. The van der Waals surface area contributed by atoms with Crippen LogP contribution in [0.3, 0.4) is 0 Å². The first kappa shape index (κ1) is 15.5. The normalized spacial score (nSPS) is 11.4. The number of nitrogens with two attached hydrogens (primary N) is 1. The monoisotopic (exact) mass is 332 g/mol. The minimum Gasteiger partial charge on any atom is -0.398 e. The van der Waals surface area contributed by atoms with Gasteiger partial charge in [-0.1, -0.05) is 11.6 Å². The highest BCUT2D eigenvalue weighted by atomic mass is 35.5. The minimum atomic E-state index is -4.18. The summed E-state index contributed by atoms with van der Waals surface area (Å²) < 4.78 is 53.4. The summed E-state index contributed by atoms with van der Waals surface area (Å²) in [6.45, 7) is 1.42. The molecule has 0 aliphatic heterocycles. The van der Waals surface area contributed by atoms with E-state index in [0.717, 1.165) is 24.3 Å². The largest absolute Gasteiger partial charge is 0.398 e. The zero-order valence-electron chi connectivity index (χ0n) is 10.8. The molecule has 0 aromatic heterocycles. The molecule has 0 aliphatic rings. The first-order valence-electron chi connectivity index (χ1n) is 5.74. The number of halogens is 3. The molecule has 0 atom stereocenters. The molecule has 2 aromatic carbocycles. The molecule has 21 heavy (non-hydrogen) atoms. The number of anilines is 2. The van der Waals surface area contributed by atoms with Gasteiger partial charge in [0.05, 0.1) is 10.6 Å². The van der Waals surface area contributed by atoms with Gasteiger partial charge in [0.15, 0.2) is 0 Å². The minimum absolute atomic E-state index is 0.0121. The third-order valence-electron chi connectivity index (χ3n) is 2.84. The lowest BCUT2D eigenvalue weighted by molar-refractivity contribution is 0.592. The van der Waals surface area contributed by atoms with Crippen molar-refractivity contribution >= 4 is 33.0 Å². The van der Waals surface area contributed by atoms with Gasteiger partial charge < -0.3 is 5.73 Å². The van der Waals surface area contributed by atoms with E-state index in [4.69, 9.17) is 17.3 Å². The Morgan fingerprint density at radius 3 is 2.43 bits per heavy atom. The second-order valence-corrected chi connectivity index (χ2v) is 6.47.